The van der Waals surface area contributed by atoms with Gasteiger partial charge >= 0.3 is 0 Å². The first-order chi connectivity index (χ1) is 10.3. The molecule has 0 radical (unpaired) electrons. The van der Waals surface area contributed by atoms with Crippen LogP contribution in [0.3, 0.4) is 0 Å². The smallest absolute Gasteiger partial charge is 0.146 e. The van der Waals surface area contributed by atoms with Crippen LogP contribution >= 0.6 is 0 Å². The van der Waals surface area contributed by atoms with Gasteiger partial charge in [-0.1, -0.05) is 30.3 Å². The Hall–Kier alpha value is -2.38. The summed E-state index contributed by atoms with van der Waals surface area (Å²) in [6, 6.07) is 14.4. The third-order valence-electron chi connectivity index (χ3n) is 3.81. The van der Waals surface area contributed by atoms with Crippen LogP contribution < -0.4 is 10.2 Å². The van der Waals surface area contributed by atoms with Gasteiger partial charge in [-0.05, 0) is 18.6 Å². The van der Waals surface area contributed by atoms with Gasteiger partial charge in [0, 0.05) is 37.4 Å². The number of hydrogen-bond acceptors (Lipinski definition) is 4. The molecule has 3 rings (SSSR count). The standard InChI is InChI=1S/C17H18N4/c1-13-16(14-5-3-2-4-6-14)11-15(12-18)17(20-13)21-9-7-19-8-10-21/h2-6,11,19H,7-10H2,1H3. The summed E-state index contributed by atoms with van der Waals surface area (Å²) in [4.78, 5) is 6.91. The zero-order chi connectivity index (χ0) is 14.7. The predicted octanol–water partition coefficient (Wildman–Crippen LogP) is 2.34. The highest BCUT2D eigenvalue weighted by Gasteiger charge is 2.18. The average molecular weight is 278 g/mol. The number of aromatic nitrogens is 1. The van der Waals surface area contributed by atoms with E-state index in [9.17, 15) is 5.26 Å². The molecule has 0 aliphatic carbocycles. The minimum absolute atomic E-state index is 0.654. The van der Waals surface area contributed by atoms with E-state index in [0.717, 1.165) is 48.8 Å². The Morgan fingerprint density at radius 1 is 1.19 bits per heavy atom. The lowest BCUT2D eigenvalue weighted by atomic mass is 10.0. The SMILES string of the molecule is Cc1nc(N2CCNCC2)c(C#N)cc1-c1ccccc1. The molecule has 0 bridgehead atoms. The van der Waals surface area contributed by atoms with Gasteiger partial charge < -0.3 is 10.2 Å². The Labute approximate surface area is 125 Å². The van der Waals surface area contributed by atoms with Crippen LogP contribution in [0.4, 0.5) is 5.82 Å². The Morgan fingerprint density at radius 2 is 1.90 bits per heavy atom. The monoisotopic (exact) mass is 278 g/mol. The Bertz CT molecular complexity index is 667. The number of nitrogens with zero attached hydrogens (tertiary/aromatic N) is 3. The third-order valence-corrected chi connectivity index (χ3v) is 3.81. The Morgan fingerprint density at radius 3 is 2.57 bits per heavy atom. The van der Waals surface area contributed by atoms with Crippen LogP contribution in [0.25, 0.3) is 11.1 Å². The van der Waals surface area contributed by atoms with Gasteiger partial charge in [0.25, 0.3) is 0 Å². The molecule has 0 spiro atoms. The fraction of sp³-hybridized carbons (Fsp3) is 0.294. The van der Waals surface area contributed by atoms with Gasteiger partial charge in [0.1, 0.15) is 11.9 Å². The van der Waals surface area contributed by atoms with Gasteiger partial charge in [0.05, 0.1) is 5.56 Å². The average Bonchev–Trinajstić information content (AvgIpc) is 2.56. The molecule has 4 heteroatoms. The summed E-state index contributed by atoms with van der Waals surface area (Å²) >= 11 is 0. The minimum Gasteiger partial charge on any atom is -0.353 e. The molecule has 106 valence electrons. The van der Waals surface area contributed by atoms with E-state index in [2.05, 4.69) is 28.4 Å². The summed E-state index contributed by atoms with van der Waals surface area (Å²) in [6.07, 6.45) is 0. The third kappa shape index (κ3) is 2.74. The molecule has 1 aliphatic rings. The van der Waals surface area contributed by atoms with Crippen molar-refractivity contribution in [1.29, 1.82) is 5.26 Å². The van der Waals surface area contributed by atoms with E-state index in [-0.39, 0.29) is 0 Å². The molecule has 1 aliphatic heterocycles. The highest BCUT2D eigenvalue weighted by atomic mass is 15.2. The lowest BCUT2D eigenvalue weighted by Gasteiger charge is -2.29. The number of nitriles is 1. The fourth-order valence-electron chi connectivity index (χ4n) is 2.70. The van der Waals surface area contributed by atoms with E-state index in [1.54, 1.807) is 0 Å². The van der Waals surface area contributed by atoms with Crippen molar-refractivity contribution >= 4 is 5.82 Å². The molecule has 0 atom stereocenters. The van der Waals surface area contributed by atoms with Crippen molar-refractivity contribution in [2.24, 2.45) is 0 Å². The van der Waals surface area contributed by atoms with E-state index >= 15 is 0 Å². The second-order valence-corrected chi connectivity index (χ2v) is 5.21. The maximum Gasteiger partial charge on any atom is 0.146 e. The normalized spacial score (nSPS) is 14.8. The van der Waals surface area contributed by atoms with E-state index < -0.39 is 0 Å². The molecule has 0 unspecified atom stereocenters. The van der Waals surface area contributed by atoms with E-state index in [0.29, 0.717) is 5.56 Å². The number of aryl methyl sites for hydroxylation is 1. The largest absolute Gasteiger partial charge is 0.353 e. The molecule has 1 saturated heterocycles. The second-order valence-electron chi connectivity index (χ2n) is 5.21. The molecule has 4 nitrogen and oxygen atoms in total. The van der Waals surface area contributed by atoms with Crippen molar-refractivity contribution in [3.05, 3.63) is 47.7 Å². The van der Waals surface area contributed by atoms with Crippen molar-refractivity contribution in [3.8, 4) is 17.2 Å². The number of benzene rings is 1. The summed E-state index contributed by atoms with van der Waals surface area (Å²) in [5.41, 5.74) is 3.76. The number of rotatable bonds is 2. The highest BCUT2D eigenvalue weighted by Crippen LogP contribution is 2.28. The van der Waals surface area contributed by atoms with Crippen LogP contribution in [0.15, 0.2) is 36.4 Å². The predicted molar refractivity (Wildman–Crippen MR) is 84.2 cm³/mol. The quantitative estimate of drug-likeness (QED) is 0.916. The first kappa shape index (κ1) is 13.6. The van der Waals surface area contributed by atoms with Crippen LogP contribution in [-0.4, -0.2) is 31.2 Å². The van der Waals surface area contributed by atoms with Crippen LogP contribution in [0.5, 0.6) is 0 Å². The van der Waals surface area contributed by atoms with Crippen molar-refractivity contribution in [1.82, 2.24) is 10.3 Å². The molecule has 2 aromatic rings. The molecule has 2 heterocycles. The van der Waals surface area contributed by atoms with Crippen molar-refractivity contribution in [2.75, 3.05) is 31.1 Å². The summed E-state index contributed by atoms with van der Waals surface area (Å²) in [5, 5.41) is 12.8. The molecule has 1 aromatic heterocycles. The summed E-state index contributed by atoms with van der Waals surface area (Å²) < 4.78 is 0. The van der Waals surface area contributed by atoms with Crippen molar-refractivity contribution in [2.45, 2.75) is 6.92 Å². The van der Waals surface area contributed by atoms with Gasteiger partial charge in [-0.3, -0.25) is 0 Å². The van der Waals surface area contributed by atoms with Crippen molar-refractivity contribution < 1.29 is 0 Å². The number of nitrogens with one attached hydrogen (secondary N) is 1. The van der Waals surface area contributed by atoms with Gasteiger partial charge in [-0.2, -0.15) is 5.26 Å². The molecule has 1 aromatic carbocycles. The molecule has 1 N–H and O–H groups in total. The zero-order valence-electron chi connectivity index (χ0n) is 12.1. The minimum atomic E-state index is 0.654. The second kappa shape index (κ2) is 5.94. The summed E-state index contributed by atoms with van der Waals surface area (Å²) in [5.74, 6) is 0.816. The zero-order valence-corrected chi connectivity index (χ0v) is 12.1. The molecule has 21 heavy (non-hydrogen) atoms. The maximum absolute atomic E-state index is 9.48. The Balaban J connectivity index is 2.05. The topological polar surface area (TPSA) is 52.0 Å². The molecular weight excluding hydrogens is 260 g/mol. The first-order valence-electron chi connectivity index (χ1n) is 7.22. The lowest BCUT2D eigenvalue weighted by Crippen LogP contribution is -2.44. The number of pyridine rings is 1. The van der Waals surface area contributed by atoms with E-state index in [1.165, 1.54) is 0 Å². The van der Waals surface area contributed by atoms with Gasteiger partial charge in [-0.15, -0.1) is 0 Å². The highest BCUT2D eigenvalue weighted by molar-refractivity contribution is 5.71. The number of anilines is 1. The van der Waals surface area contributed by atoms with Crippen LogP contribution in [0.2, 0.25) is 0 Å². The van der Waals surface area contributed by atoms with E-state index in [1.807, 2.05) is 31.2 Å². The molecule has 1 fully saturated rings. The molecule has 0 saturated carbocycles. The van der Waals surface area contributed by atoms with Crippen LogP contribution in [0.1, 0.15) is 11.3 Å². The van der Waals surface area contributed by atoms with Gasteiger partial charge in [-0.25, -0.2) is 4.98 Å². The van der Waals surface area contributed by atoms with Crippen LogP contribution in [0, 0.1) is 18.3 Å². The molecule has 0 amide bonds. The molecular formula is C17H18N4. The summed E-state index contributed by atoms with van der Waals surface area (Å²) in [7, 11) is 0. The maximum atomic E-state index is 9.48. The number of piperazine rings is 1. The first-order valence-corrected chi connectivity index (χ1v) is 7.22. The van der Waals surface area contributed by atoms with Crippen molar-refractivity contribution in [3.63, 3.8) is 0 Å². The fourth-order valence-corrected chi connectivity index (χ4v) is 2.70. The lowest BCUT2D eigenvalue weighted by molar-refractivity contribution is 0.584. The number of hydrogen-bond donors (Lipinski definition) is 1. The van der Waals surface area contributed by atoms with Crippen LogP contribution in [-0.2, 0) is 0 Å². The summed E-state index contributed by atoms with van der Waals surface area (Å²) in [6.45, 7) is 5.67. The van der Waals surface area contributed by atoms with Gasteiger partial charge in [0.15, 0.2) is 0 Å². The Kier molecular flexibility index (Phi) is 3.85. The van der Waals surface area contributed by atoms with E-state index in [4.69, 9.17) is 4.98 Å². The van der Waals surface area contributed by atoms with Gasteiger partial charge in [0.2, 0.25) is 0 Å².